The summed E-state index contributed by atoms with van der Waals surface area (Å²) in [6.45, 7) is 1.80. The number of fused-ring (bicyclic) bond motifs is 1. The fraction of sp³-hybridized carbons (Fsp3) is 0.889. The molecular weight excluding hydrogens is 204 g/mol. The SMILES string of the molecule is CONC(=O)[C@@]12CCC[C@@H]1CNC2.Cl. The summed E-state index contributed by atoms with van der Waals surface area (Å²) in [7, 11) is 1.49. The first-order valence-electron chi connectivity index (χ1n) is 4.84. The fourth-order valence-corrected chi connectivity index (χ4v) is 2.72. The third kappa shape index (κ3) is 1.62. The van der Waals surface area contributed by atoms with Crippen LogP contribution in [-0.4, -0.2) is 26.1 Å². The van der Waals surface area contributed by atoms with E-state index in [0.29, 0.717) is 5.92 Å². The molecule has 0 aromatic rings. The molecule has 1 aliphatic carbocycles. The maximum Gasteiger partial charge on any atom is 0.251 e. The first-order valence-corrected chi connectivity index (χ1v) is 4.84. The second-order valence-corrected chi connectivity index (χ2v) is 4.01. The third-order valence-electron chi connectivity index (χ3n) is 3.44. The molecule has 0 spiro atoms. The third-order valence-corrected chi connectivity index (χ3v) is 3.44. The predicted octanol–water partition coefficient (Wildman–Crippen LogP) is 0.476. The Hall–Kier alpha value is -0.320. The molecule has 1 saturated carbocycles. The van der Waals surface area contributed by atoms with E-state index in [1.165, 1.54) is 20.0 Å². The van der Waals surface area contributed by atoms with Crippen molar-refractivity contribution < 1.29 is 9.63 Å². The number of hydrogen-bond acceptors (Lipinski definition) is 3. The van der Waals surface area contributed by atoms with Crippen molar-refractivity contribution in [1.29, 1.82) is 0 Å². The summed E-state index contributed by atoms with van der Waals surface area (Å²) in [5.74, 6) is 0.574. The Morgan fingerprint density at radius 1 is 1.64 bits per heavy atom. The Kier molecular flexibility index (Phi) is 3.75. The normalized spacial score (nSPS) is 34.8. The average molecular weight is 221 g/mol. The lowest BCUT2D eigenvalue weighted by Crippen LogP contribution is -2.43. The second kappa shape index (κ2) is 4.47. The first-order chi connectivity index (χ1) is 6.29. The molecule has 1 heterocycles. The number of carbonyl (C=O) groups is 1. The minimum atomic E-state index is -0.171. The summed E-state index contributed by atoms with van der Waals surface area (Å²) < 4.78 is 0. The second-order valence-electron chi connectivity index (χ2n) is 4.01. The quantitative estimate of drug-likeness (QED) is 0.666. The summed E-state index contributed by atoms with van der Waals surface area (Å²) >= 11 is 0. The van der Waals surface area contributed by atoms with Crippen molar-refractivity contribution in [3.05, 3.63) is 0 Å². The van der Waals surface area contributed by atoms with E-state index in [1.807, 2.05) is 0 Å². The van der Waals surface area contributed by atoms with Gasteiger partial charge in [-0.3, -0.25) is 9.63 Å². The van der Waals surface area contributed by atoms with Gasteiger partial charge in [0.05, 0.1) is 12.5 Å². The number of amides is 1. The van der Waals surface area contributed by atoms with Crippen molar-refractivity contribution in [2.75, 3.05) is 20.2 Å². The zero-order chi connectivity index (χ0) is 9.31. The van der Waals surface area contributed by atoms with Crippen LogP contribution in [0.4, 0.5) is 0 Å². The highest BCUT2D eigenvalue weighted by molar-refractivity contribution is 5.85. The van der Waals surface area contributed by atoms with Gasteiger partial charge in [-0.25, -0.2) is 5.48 Å². The van der Waals surface area contributed by atoms with E-state index >= 15 is 0 Å². The number of rotatable bonds is 2. The monoisotopic (exact) mass is 220 g/mol. The van der Waals surface area contributed by atoms with Gasteiger partial charge in [-0.1, -0.05) is 6.42 Å². The molecule has 5 heteroatoms. The molecular formula is C9H17ClN2O2. The van der Waals surface area contributed by atoms with Gasteiger partial charge in [0, 0.05) is 6.54 Å². The number of halogens is 1. The van der Waals surface area contributed by atoms with E-state index in [4.69, 9.17) is 4.84 Å². The van der Waals surface area contributed by atoms with E-state index < -0.39 is 0 Å². The molecule has 2 fully saturated rings. The van der Waals surface area contributed by atoms with Crippen LogP contribution < -0.4 is 10.8 Å². The van der Waals surface area contributed by atoms with Crippen LogP contribution in [0.2, 0.25) is 0 Å². The lowest BCUT2D eigenvalue weighted by atomic mass is 9.80. The topological polar surface area (TPSA) is 50.4 Å². The molecule has 2 rings (SSSR count). The Labute approximate surface area is 90.1 Å². The minimum absolute atomic E-state index is 0. The van der Waals surface area contributed by atoms with Crippen molar-refractivity contribution in [3.8, 4) is 0 Å². The maximum absolute atomic E-state index is 11.8. The van der Waals surface area contributed by atoms with Crippen molar-refractivity contribution >= 4 is 18.3 Å². The number of hydroxylamine groups is 1. The summed E-state index contributed by atoms with van der Waals surface area (Å²) in [5, 5.41) is 3.29. The lowest BCUT2D eigenvalue weighted by molar-refractivity contribution is -0.142. The molecule has 82 valence electrons. The molecule has 4 nitrogen and oxygen atoms in total. The van der Waals surface area contributed by atoms with E-state index in [9.17, 15) is 4.79 Å². The Morgan fingerprint density at radius 2 is 2.43 bits per heavy atom. The lowest BCUT2D eigenvalue weighted by Gasteiger charge is -2.25. The molecule has 0 radical (unpaired) electrons. The first kappa shape index (κ1) is 11.8. The number of carbonyl (C=O) groups excluding carboxylic acids is 1. The van der Waals surface area contributed by atoms with Gasteiger partial charge in [0.2, 0.25) is 0 Å². The van der Waals surface area contributed by atoms with Crippen molar-refractivity contribution in [3.63, 3.8) is 0 Å². The largest absolute Gasteiger partial charge is 0.315 e. The molecule has 0 aromatic heterocycles. The standard InChI is InChI=1S/C9H16N2O2.ClH/c1-13-11-8(12)9-4-2-3-7(9)5-10-6-9;/h7,10H,2-6H2,1H3,(H,11,12);1H/t7-,9-;/m1./s1. The summed E-state index contributed by atoms with van der Waals surface area (Å²) in [6.07, 6.45) is 3.34. The summed E-state index contributed by atoms with van der Waals surface area (Å²) in [5.41, 5.74) is 2.30. The molecule has 0 bridgehead atoms. The molecule has 2 aliphatic rings. The fourth-order valence-electron chi connectivity index (χ4n) is 2.72. The molecule has 0 aromatic carbocycles. The highest BCUT2D eigenvalue weighted by Crippen LogP contribution is 2.45. The van der Waals surface area contributed by atoms with Crippen LogP contribution in [0.15, 0.2) is 0 Å². The minimum Gasteiger partial charge on any atom is -0.315 e. The van der Waals surface area contributed by atoms with Crippen molar-refractivity contribution in [2.24, 2.45) is 11.3 Å². The van der Waals surface area contributed by atoms with E-state index in [1.54, 1.807) is 0 Å². The van der Waals surface area contributed by atoms with E-state index in [2.05, 4.69) is 10.8 Å². The van der Waals surface area contributed by atoms with Crippen LogP contribution in [-0.2, 0) is 9.63 Å². The van der Waals surface area contributed by atoms with Gasteiger partial charge < -0.3 is 5.32 Å². The summed E-state index contributed by atoms with van der Waals surface area (Å²) in [4.78, 5) is 16.5. The van der Waals surface area contributed by atoms with Gasteiger partial charge in [0.25, 0.3) is 5.91 Å². The van der Waals surface area contributed by atoms with Crippen LogP contribution in [0.3, 0.4) is 0 Å². The average Bonchev–Trinajstić information content (AvgIpc) is 2.61. The maximum atomic E-state index is 11.8. The highest BCUT2D eigenvalue weighted by Gasteiger charge is 2.51. The Morgan fingerprint density at radius 3 is 3.14 bits per heavy atom. The van der Waals surface area contributed by atoms with Crippen LogP contribution in [0, 0.1) is 11.3 Å². The van der Waals surface area contributed by atoms with Gasteiger partial charge in [-0.15, -0.1) is 12.4 Å². The zero-order valence-corrected chi connectivity index (χ0v) is 9.15. The molecule has 1 aliphatic heterocycles. The number of nitrogens with one attached hydrogen (secondary N) is 2. The van der Waals surface area contributed by atoms with Crippen LogP contribution in [0.25, 0.3) is 0 Å². The molecule has 2 N–H and O–H groups in total. The summed E-state index contributed by atoms with van der Waals surface area (Å²) in [6, 6.07) is 0. The van der Waals surface area contributed by atoms with Gasteiger partial charge in [0.1, 0.15) is 0 Å². The van der Waals surface area contributed by atoms with Crippen LogP contribution >= 0.6 is 12.4 Å². The smallest absolute Gasteiger partial charge is 0.251 e. The highest BCUT2D eigenvalue weighted by atomic mass is 35.5. The molecule has 1 saturated heterocycles. The molecule has 14 heavy (non-hydrogen) atoms. The predicted molar refractivity (Wildman–Crippen MR) is 55.0 cm³/mol. The molecule has 2 atom stereocenters. The Bertz CT molecular complexity index is 213. The zero-order valence-electron chi connectivity index (χ0n) is 8.34. The van der Waals surface area contributed by atoms with Crippen LogP contribution in [0.1, 0.15) is 19.3 Å². The van der Waals surface area contributed by atoms with Gasteiger partial charge in [-0.05, 0) is 25.3 Å². The van der Waals surface area contributed by atoms with Gasteiger partial charge >= 0.3 is 0 Å². The van der Waals surface area contributed by atoms with Gasteiger partial charge in [0.15, 0.2) is 0 Å². The van der Waals surface area contributed by atoms with E-state index in [-0.39, 0.29) is 23.7 Å². The van der Waals surface area contributed by atoms with Crippen molar-refractivity contribution in [1.82, 2.24) is 10.8 Å². The molecule has 1 amide bonds. The number of hydrogen-bond donors (Lipinski definition) is 2. The molecule has 0 unspecified atom stereocenters. The van der Waals surface area contributed by atoms with Crippen LogP contribution in [0.5, 0.6) is 0 Å². The Balaban J connectivity index is 0.000000980. The van der Waals surface area contributed by atoms with Crippen molar-refractivity contribution in [2.45, 2.75) is 19.3 Å². The van der Waals surface area contributed by atoms with E-state index in [0.717, 1.165) is 19.5 Å². The van der Waals surface area contributed by atoms with Gasteiger partial charge in [-0.2, -0.15) is 0 Å².